The summed E-state index contributed by atoms with van der Waals surface area (Å²) >= 11 is 0. The third-order valence-corrected chi connectivity index (χ3v) is 6.73. The first-order valence-corrected chi connectivity index (χ1v) is 12.3. The number of unbranched alkanes of at least 4 members (excludes halogenated alkanes) is 13. The molecule has 0 heterocycles. The number of aliphatic hydroxyl groups excluding tert-OH is 1. The molecular formula is C26H48O2. The van der Waals surface area contributed by atoms with E-state index in [1.807, 2.05) is 0 Å². The molecule has 1 aliphatic rings. The molecule has 0 fully saturated rings. The molecule has 2 heteroatoms. The standard InChI is InChI=1S/C26H48O2/c1-23-24(26(2,3)21-18-20-25(23)28)19-16-14-12-10-8-6-4-5-7-9-11-13-15-17-22-27/h27H,4-22H2,1-3H3. The third-order valence-electron chi connectivity index (χ3n) is 6.73. The van der Waals surface area contributed by atoms with Gasteiger partial charge in [0, 0.05) is 13.0 Å². The molecule has 0 saturated carbocycles. The number of aliphatic hydroxyl groups is 1. The number of carbonyl (C=O) groups excluding carboxylic acids is 1. The number of ketones is 1. The fraction of sp³-hybridized carbons (Fsp3) is 0.885. The van der Waals surface area contributed by atoms with Crippen LogP contribution in [0.15, 0.2) is 11.1 Å². The molecule has 0 unspecified atom stereocenters. The first-order valence-electron chi connectivity index (χ1n) is 12.3. The summed E-state index contributed by atoms with van der Waals surface area (Å²) in [6.45, 7) is 7.09. The van der Waals surface area contributed by atoms with Crippen LogP contribution in [0.1, 0.15) is 136 Å². The van der Waals surface area contributed by atoms with Crippen LogP contribution in [-0.4, -0.2) is 17.5 Å². The highest BCUT2D eigenvalue weighted by molar-refractivity contribution is 5.96. The Bertz CT molecular complexity index is 447. The molecule has 0 atom stereocenters. The molecule has 0 bridgehead atoms. The van der Waals surface area contributed by atoms with E-state index in [9.17, 15) is 4.79 Å². The molecule has 0 spiro atoms. The summed E-state index contributed by atoms with van der Waals surface area (Å²) in [4.78, 5) is 12.2. The maximum atomic E-state index is 12.2. The van der Waals surface area contributed by atoms with Crippen molar-refractivity contribution < 1.29 is 9.90 Å². The monoisotopic (exact) mass is 392 g/mol. The maximum absolute atomic E-state index is 12.2. The van der Waals surface area contributed by atoms with Gasteiger partial charge in [0.25, 0.3) is 0 Å². The van der Waals surface area contributed by atoms with Crippen LogP contribution in [0.2, 0.25) is 0 Å². The molecule has 0 aromatic carbocycles. The van der Waals surface area contributed by atoms with Crippen molar-refractivity contribution in [3.05, 3.63) is 11.1 Å². The van der Waals surface area contributed by atoms with Crippen LogP contribution in [0.5, 0.6) is 0 Å². The van der Waals surface area contributed by atoms with E-state index < -0.39 is 0 Å². The second-order valence-electron chi connectivity index (χ2n) is 9.69. The normalized spacial score (nSPS) is 17.2. The molecule has 1 N–H and O–H groups in total. The van der Waals surface area contributed by atoms with Crippen LogP contribution < -0.4 is 0 Å². The Balaban J connectivity index is 1.99. The summed E-state index contributed by atoms with van der Waals surface area (Å²) in [7, 11) is 0. The van der Waals surface area contributed by atoms with Crippen LogP contribution >= 0.6 is 0 Å². The van der Waals surface area contributed by atoms with Crippen molar-refractivity contribution in [2.75, 3.05) is 6.61 Å². The van der Waals surface area contributed by atoms with E-state index in [1.165, 1.54) is 89.0 Å². The molecule has 0 saturated heterocycles. The smallest absolute Gasteiger partial charge is 0.158 e. The Hall–Kier alpha value is -0.630. The Labute approximate surface area is 175 Å². The number of hydrogen-bond acceptors (Lipinski definition) is 2. The van der Waals surface area contributed by atoms with Crippen LogP contribution in [-0.2, 0) is 4.79 Å². The Morgan fingerprint density at radius 3 is 1.64 bits per heavy atom. The fourth-order valence-corrected chi connectivity index (χ4v) is 4.77. The summed E-state index contributed by atoms with van der Waals surface area (Å²) in [5, 5.41) is 8.75. The van der Waals surface area contributed by atoms with E-state index in [2.05, 4.69) is 20.8 Å². The highest BCUT2D eigenvalue weighted by atomic mass is 16.2. The van der Waals surface area contributed by atoms with Crippen LogP contribution in [0.4, 0.5) is 0 Å². The minimum Gasteiger partial charge on any atom is -0.396 e. The third kappa shape index (κ3) is 10.8. The van der Waals surface area contributed by atoms with Crippen molar-refractivity contribution in [2.24, 2.45) is 5.41 Å². The molecule has 164 valence electrons. The summed E-state index contributed by atoms with van der Waals surface area (Å²) in [6.07, 6.45) is 22.6. The second kappa shape index (κ2) is 15.2. The topological polar surface area (TPSA) is 37.3 Å². The van der Waals surface area contributed by atoms with Crippen molar-refractivity contribution in [3.63, 3.8) is 0 Å². The minimum atomic E-state index is 0.217. The molecule has 0 aliphatic heterocycles. The SMILES string of the molecule is CC1=C(CCCCCCCCCCCCCCCCO)C(C)(C)CCCC1=O. The number of Topliss-reactive ketones (excluding diaryl/α,β-unsaturated/α-hetero) is 1. The van der Waals surface area contributed by atoms with E-state index in [0.717, 1.165) is 37.7 Å². The molecule has 0 amide bonds. The van der Waals surface area contributed by atoms with Crippen LogP contribution in [0.25, 0.3) is 0 Å². The highest BCUT2D eigenvalue weighted by Crippen LogP contribution is 2.40. The lowest BCUT2D eigenvalue weighted by atomic mass is 9.77. The largest absolute Gasteiger partial charge is 0.396 e. The lowest BCUT2D eigenvalue weighted by molar-refractivity contribution is -0.115. The van der Waals surface area contributed by atoms with Gasteiger partial charge in [-0.15, -0.1) is 0 Å². The summed E-state index contributed by atoms with van der Waals surface area (Å²) in [5.41, 5.74) is 2.75. The number of carbonyl (C=O) groups is 1. The first kappa shape index (κ1) is 25.4. The Morgan fingerprint density at radius 1 is 0.750 bits per heavy atom. The number of rotatable bonds is 16. The van der Waals surface area contributed by atoms with Crippen molar-refractivity contribution in [1.82, 2.24) is 0 Å². The van der Waals surface area contributed by atoms with Gasteiger partial charge in [-0.1, -0.05) is 96.5 Å². The fourth-order valence-electron chi connectivity index (χ4n) is 4.77. The van der Waals surface area contributed by atoms with Crippen molar-refractivity contribution in [1.29, 1.82) is 0 Å². The van der Waals surface area contributed by atoms with Gasteiger partial charge in [0.15, 0.2) is 5.78 Å². The summed E-state index contributed by atoms with van der Waals surface area (Å²) in [5.74, 6) is 0.394. The van der Waals surface area contributed by atoms with E-state index in [0.29, 0.717) is 12.4 Å². The second-order valence-corrected chi connectivity index (χ2v) is 9.69. The van der Waals surface area contributed by atoms with Gasteiger partial charge >= 0.3 is 0 Å². The summed E-state index contributed by atoms with van der Waals surface area (Å²) < 4.78 is 0. The van der Waals surface area contributed by atoms with Gasteiger partial charge in [-0.3, -0.25) is 4.79 Å². The molecule has 28 heavy (non-hydrogen) atoms. The van der Waals surface area contributed by atoms with Gasteiger partial charge < -0.3 is 5.11 Å². The van der Waals surface area contributed by atoms with Gasteiger partial charge in [0.2, 0.25) is 0 Å². The summed E-state index contributed by atoms with van der Waals surface area (Å²) in [6, 6.07) is 0. The average Bonchev–Trinajstić information content (AvgIpc) is 2.75. The van der Waals surface area contributed by atoms with Crippen LogP contribution in [0, 0.1) is 5.41 Å². The lowest BCUT2D eigenvalue weighted by Crippen LogP contribution is -2.15. The molecule has 0 radical (unpaired) electrons. The average molecular weight is 393 g/mol. The minimum absolute atomic E-state index is 0.217. The van der Waals surface area contributed by atoms with Crippen molar-refractivity contribution >= 4 is 5.78 Å². The maximum Gasteiger partial charge on any atom is 0.158 e. The molecule has 1 aliphatic carbocycles. The molecule has 1 rings (SSSR count). The van der Waals surface area contributed by atoms with Gasteiger partial charge in [-0.05, 0) is 50.0 Å². The molecular weight excluding hydrogens is 344 g/mol. The van der Waals surface area contributed by atoms with Gasteiger partial charge in [0.1, 0.15) is 0 Å². The highest BCUT2D eigenvalue weighted by Gasteiger charge is 2.29. The first-order chi connectivity index (χ1) is 13.5. The predicted octanol–water partition coefficient (Wildman–Crippen LogP) is 7.93. The van der Waals surface area contributed by atoms with E-state index in [4.69, 9.17) is 5.11 Å². The number of allylic oxidation sites excluding steroid dienone is 2. The zero-order chi connectivity index (χ0) is 20.7. The predicted molar refractivity (Wildman–Crippen MR) is 122 cm³/mol. The van der Waals surface area contributed by atoms with E-state index >= 15 is 0 Å². The molecule has 0 aromatic rings. The quantitative estimate of drug-likeness (QED) is 0.271. The van der Waals surface area contributed by atoms with Gasteiger partial charge in [-0.25, -0.2) is 0 Å². The molecule has 0 aromatic heterocycles. The molecule has 2 nitrogen and oxygen atoms in total. The van der Waals surface area contributed by atoms with Crippen LogP contribution in [0.3, 0.4) is 0 Å². The number of hydrogen-bond donors (Lipinski definition) is 1. The van der Waals surface area contributed by atoms with E-state index in [1.54, 1.807) is 0 Å². The zero-order valence-corrected chi connectivity index (χ0v) is 19.3. The van der Waals surface area contributed by atoms with Crippen molar-refractivity contribution in [2.45, 2.75) is 136 Å². The van der Waals surface area contributed by atoms with Gasteiger partial charge in [-0.2, -0.15) is 0 Å². The van der Waals surface area contributed by atoms with Gasteiger partial charge in [0.05, 0.1) is 0 Å². The van der Waals surface area contributed by atoms with E-state index in [-0.39, 0.29) is 5.41 Å². The van der Waals surface area contributed by atoms with Crippen molar-refractivity contribution in [3.8, 4) is 0 Å². The zero-order valence-electron chi connectivity index (χ0n) is 19.3. The lowest BCUT2D eigenvalue weighted by Gasteiger charge is -2.28. The Kier molecular flexibility index (Phi) is 13.8. The Morgan fingerprint density at radius 2 is 1.18 bits per heavy atom.